The molecule has 2 heterocycles. The van der Waals surface area contributed by atoms with E-state index in [-0.39, 0.29) is 12.0 Å². The summed E-state index contributed by atoms with van der Waals surface area (Å²) in [7, 11) is 4.41. The lowest BCUT2D eigenvalue weighted by Gasteiger charge is -2.49. The Balaban J connectivity index is 1.89. The molecule has 0 bridgehead atoms. The van der Waals surface area contributed by atoms with E-state index in [1.165, 1.54) is 26.0 Å². The van der Waals surface area contributed by atoms with Gasteiger partial charge in [0.1, 0.15) is 0 Å². The number of thioether (sulfide) groups is 1. The Kier molecular flexibility index (Phi) is 4.68. The Bertz CT molecular complexity index is 822. The van der Waals surface area contributed by atoms with E-state index in [0.717, 1.165) is 35.5 Å². The average molecular weight is 389 g/mol. The third-order valence-corrected chi connectivity index (χ3v) is 7.25. The van der Waals surface area contributed by atoms with Gasteiger partial charge in [-0.1, -0.05) is 18.2 Å². The van der Waals surface area contributed by atoms with Crippen molar-refractivity contribution in [1.29, 1.82) is 0 Å². The topological polar surface area (TPSA) is 65.1 Å². The Labute approximate surface area is 162 Å². The molecule has 3 aliphatic rings. The lowest BCUT2D eigenvalue weighted by molar-refractivity contribution is -0.147. The molecule has 144 valence electrons. The van der Waals surface area contributed by atoms with Crippen LogP contribution in [0.15, 0.2) is 40.4 Å². The molecule has 27 heavy (non-hydrogen) atoms. The third kappa shape index (κ3) is 2.44. The van der Waals surface area contributed by atoms with Crippen LogP contribution in [0.25, 0.3) is 0 Å². The zero-order chi connectivity index (χ0) is 19.2. The average Bonchev–Trinajstić information content (AvgIpc) is 3.23. The van der Waals surface area contributed by atoms with Crippen molar-refractivity contribution < 1.29 is 23.8 Å². The van der Waals surface area contributed by atoms with Crippen molar-refractivity contribution in [2.45, 2.75) is 34.4 Å². The summed E-state index contributed by atoms with van der Waals surface area (Å²) in [5, 5.41) is 0. The van der Waals surface area contributed by atoms with Crippen molar-refractivity contribution in [3.05, 3.63) is 41.1 Å². The number of methoxy groups -OCH3 is 3. The van der Waals surface area contributed by atoms with Gasteiger partial charge in [-0.2, -0.15) is 0 Å². The predicted molar refractivity (Wildman–Crippen MR) is 100 cm³/mol. The summed E-state index contributed by atoms with van der Waals surface area (Å²) in [5.41, 5.74) is 2.38. The zero-order valence-electron chi connectivity index (χ0n) is 15.7. The molecular weight excluding hydrogens is 366 g/mol. The van der Waals surface area contributed by atoms with Gasteiger partial charge in [-0.05, 0) is 24.5 Å². The van der Waals surface area contributed by atoms with Gasteiger partial charge in [-0.3, -0.25) is 4.79 Å². The van der Waals surface area contributed by atoms with Crippen LogP contribution in [0.2, 0.25) is 0 Å². The Hall–Kier alpha value is -1.99. The van der Waals surface area contributed by atoms with E-state index in [2.05, 4.69) is 4.90 Å². The molecule has 0 N–H and O–H groups in total. The second kappa shape index (κ2) is 6.87. The monoisotopic (exact) mass is 389 g/mol. The van der Waals surface area contributed by atoms with Crippen molar-refractivity contribution >= 4 is 23.7 Å². The summed E-state index contributed by atoms with van der Waals surface area (Å²) < 4.78 is 14.6. The van der Waals surface area contributed by atoms with E-state index >= 15 is 0 Å². The number of allylic oxidation sites excluding steroid dienone is 1. The minimum Gasteiger partial charge on any atom is -0.468 e. The zero-order valence-corrected chi connectivity index (χ0v) is 16.5. The van der Waals surface area contributed by atoms with E-state index in [1.54, 1.807) is 7.11 Å². The van der Waals surface area contributed by atoms with Crippen LogP contribution in [0.1, 0.15) is 24.3 Å². The number of hydrogen-bond donors (Lipinski definition) is 0. The number of esters is 2. The third-order valence-electron chi connectivity index (χ3n) is 5.73. The van der Waals surface area contributed by atoms with Gasteiger partial charge < -0.3 is 19.1 Å². The van der Waals surface area contributed by atoms with Gasteiger partial charge in [0.05, 0.1) is 38.4 Å². The van der Waals surface area contributed by atoms with Crippen LogP contribution in [-0.2, 0) is 23.8 Å². The molecule has 0 unspecified atom stereocenters. The molecule has 1 fully saturated rings. The summed E-state index contributed by atoms with van der Waals surface area (Å²) in [4.78, 5) is 29.0. The van der Waals surface area contributed by atoms with Crippen molar-refractivity contribution in [2.75, 3.05) is 34.5 Å². The number of fused-ring (bicyclic) bond motifs is 3. The molecule has 4 rings (SSSR count). The van der Waals surface area contributed by atoms with Gasteiger partial charge in [-0.15, -0.1) is 11.8 Å². The highest BCUT2D eigenvalue weighted by molar-refractivity contribution is 8.02. The highest BCUT2D eigenvalue weighted by atomic mass is 32.2. The van der Waals surface area contributed by atoms with E-state index in [4.69, 9.17) is 14.2 Å². The number of benzene rings is 1. The molecule has 0 spiro atoms. The standard InChI is InChI=1S/C20H23NO5S/c1-24-11-12-7-6-10-21(12)17-15-13-8-4-5-9-14(13)27-20(15,19(23)26-3)16(17)18(22)25-2/h4-5,8-9,12,15H,6-7,10-11H2,1-3H3/t12-,15+,20+/m1/s1. The summed E-state index contributed by atoms with van der Waals surface area (Å²) in [6, 6.07) is 8.14. The largest absolute Gasteiger partial charge is 0.468 e. The van der Waals surface area contributed by atoms with Crippen LogP contribution >= 0.6 is 11.8 Å². The molecule has 0 aromatic heterocycles. The van der Waals surface area contributed by atoms with Crippen molar-refractivity contribution in [3.63, 3.8) is 0 Å². The van der Waals surface area contributed by atoms with E-state index < -0.39 is 16.7 Å². The second-order valence-electron chi connectivity index (χ2n) is 7.00. The van der Waals surface area contributed by atoms with Crippen LogP contribution in [0.3, 0.4) is 0 Å². The van der Waals surface area contributed by atoms with Gasteiger partial charge in [0, 0.05) is 24.2 Å². The summed E-state index contributed by atoms with van der Waals surface area (Å²) >= 11 is 1.40. The molecule has 3 atom stereocenters. The first-order valence-corrected chi connectivity index (χ1v) is 9.86. The minimum atomic E-state index is -1.07. The first-order chi connectivity index (χ1) is 13.1. The van der Waals surface area contributed by atoms with Gasteiger partial charge in [-0.25, -0.2) is 4.79 Å². The van der Waals surface area contributed by atoms with Crippen LogP contribution < -0.4 is 0 Å². The first-order valence-electron chi connectivity index (χ1n) is 9.05. The van der Waals surface area contributed by atoms with Crippen LogP contribution in [-0.4, -0.2) is 62.1 Å². The molecular formula is C20H23NO5S. The highest BCUT2D eigenvalue weighted by Gasteiger charge is 2.69. The molecule has 6 nitrogen and oxygen atoms in total. The van der Waals surface area contributed by atoms with Gasteiger partial charge in [0.2, 0.25) is 0 Å². The summed E-state index contributed by atoms with van der Waals surface area (Å²) in [5.74, 6) is -1.08. The number of ether oxygens (including phenoxy) is 3. The molecule has 1 aromatic carbocycles. The van der Waals surface area contributed by atoms with Gasteiger partial charge >= 0.3 is 11.9 Å². The lowest BCUT2D eigenvalue weighted by Crippen LogP contribution is -2.57. The van der Waals surface area contributed by atoms with Crippen molar-refractivity contribution in [1.82, 2.24) is 4.90 Å². The van der Waals surface area contributed by atoms with Crippen LogP contribution in [0.4, 0.5) is 0 Å². The van der Waals surface area contributed by atoms with Gasteiger partial charge in [0.15, 0.2) is 4.75 Å². The Morgan fingerprint density at radius 2 is 2.00 bits per heavy atom. The maximum Gasteiger partial charge on any atom is 0.337 e. The molecule has 1 aliphatic carbocycles. The number of carbonyl (C=O) groups excluding carboxylic acids is 2. The molecule has 1 saturated heterocycles. The normalized spacial score (nSPS) is 28.5. The number of likely N-dealkylation sites (tertiary alicyclic amines) is 1. The lowest BCUT2D eigenvalue weighted by atomic mass is 9.66. The van der Waals surface area contributed by atoms with E-state index in [9.17, 15) is 9.59 Å². The number of nitrogens with zero attached hydrogens (tertiary/aromatic N) is 1. The van der Waals surface area contributed by atoms with E-state index in [1.807, 2.05) is 24.3 Å². The fourth-order valence-corrected chi connectivity index (χ4v) is 6.27. The fourth-order valence-electron chi connectivity index (χ4n) is 4.65. The van der Waals surface area contributed by atoms with Gasteiger partial charge in [0.25, 0.3) is 0 Å². The summed E-state index contributed by atoms with van der Waals surface area (Å²) in [6.45, 7) is 1.43. The predicted octanol–water partition coefficient (Wildman–Crippen LogP) is 2.34. The SMILES string of the molecule is COC[C@H]1CCCN1C1=C(C(=O)OC)[C@@]2(C(=O)OC)Sc3ccccc3[C@@H]12. The molecule has 0 radical (unpaired) electrons. The van der Waals surface area contributed by atoms with Crippen molar-refractivity contribution in [3.8, 4) is 0 Å². The summed E-state index contributed by atoms with van der Waals surface area (Å²) in [6.07, 6.45) is 2.03. The number of carbonyl (C=O) groups is 2. The van der Waals surface area contributed by atoms with Crippen LogP contribution in [0, 0.1) is 0 Å². The van der Waals surface area contributed by atoms with E-state index in [0.29, 0.717) is 12.2 Å². The molecule has 0 saturated carbocycles. The van der Waals surface area contributed by atoms with Crippen molar-refractivity contribution in [2.24, 2.45) is 0 Å². The molecule has 0 amide bonds. The maximum absolute atomic E-state index is 12.9. The number of rotatable bonds is 5. The van der Waals surface area contributed by atoms with Crippen LogP contribution in [0.5, 0.6) is 0 Å². The highest BCUT2D eigenvalue weighted by Crippen LogP contribution is 2.68. The number of hydrogen-bond acceptors (Lipinski definition) is 7. The minimum absolute atomic E-state index is 0.193. The fraction of sp³-hybridized carbons (Fsp3) is 0.500. The Morgan fingerprint density at radius 3 is 2.70 bits per heavy atom. The quantitative estimate of drug-likeness (QED) is 0.716. The molecule has 7 heteroatoms. The Morgan fingerprint density at radius 1 is 1.22 bits per heavy atom. The second-order valence-corrected chi connectivity index (χ2v) is 8.28. The first kappa shape index (κ1) is 18.4. The smallest absolute Gasteiger partial charge is 0.337 e. The maximum atomic E-state index is 12.9. The molecule has 2 aliphatic heterocycles. The molecule has 1 aromatic rings.